The summed E-state index contributed by atoms with van der Waals surface area (Å²) in [4.78, 5) is 11.1. The number of hydrogen-bond acceptors (Lipinski definition) is 3. The van der Waals surface area contributed by atoms with Crippen LogP contribution in [0.4, 0.5) is 0 Å². The zero-order chi connectivity index (χ0) is 16.1. The number of ketones is 1. The van der Waals surface area contributed by atoms with Crippen LogP contribution in [-0.2, 0) is 21.2 Å². The van der Waals surface area contributed by atoms with Gasteiger partial charge in [-0.05, 0) is 42.9 Å². The van der Waals surface area contributed by atoms with Crippen LogP contribution in [0.2, 0.25) is 0 Å². The fraction of sp³-hybridized carbons (Fsp3) is 0.562. The van der Waals surface area contributed by atoms with E-state index in [2.05, 4.69) is 25.5 Å². The second-order valence-electron chi connectivity index (χ2n) is 6.58. The lowest BCUT2D eigenvalue weighted by Crippen LogP contribution is -2.25. The third kappa shape index (κ3) is 6.87. The second kappa shape index (κ2) is 7.18. The first kappa shape index (κ1) is 17.9. The van der Waals surface area contributed by atoms with Crippen molar-refractivity contribution in [3.8, 4) is 0 Å². The zero-order valence-corrected chi connectivity index (χ0v) is 14.1. The number of carbonyl (C=O) groups is 1. The summed E-state index contributed by atoms with van der Waals surface area (Å²) in [5.41, 5.74) is 1.30. The molecule has 0 heterocycles. The predicted molar refractivity (Wildman–Crippen MR) is 84.7 cm³/mol. The molecule has 0 unspecified atom stereocenters. The molecule has 0 aliphatic rings. The monoisotopic (exact) mass is 311 g/mol. The molecule has 4 nitrogen and oxygen atoms in total. The van der Waals surface area contributed by atoms with Crippen molar-refractivity contribution >= 4 is 15.8 Å². The maximum atomic E-state index is 12.1. The van der Waals surface area contributed by atoms with E-state index in [0.29, 0.717) is 12.8 Å². The lowest BCUT2D eigenvalue weighted by Gasteiger charge is -2.18. The third-order valence-corrected chi connectivity index (χ3v) is 4.44. The molecule has 0 aliphatic heterocycles. The van der Waals surface area contributed by atoms with Crippen molar-refractivity contribution in [1.29, 1.82) is 0 Å². The van der Waals surface area contributed by atoms with Gasteiger partial charge in [0.1, 0.15) is 5.78 Å². The highest BCUT2D eigenvalue weighted by Gasteiger charge is 2.15. The van der Waals surface area contributed by atoms with E-state index < -0.39 is 10.0 Å². The molecule has 0 atom stereocenters. The molecule has 0 bridgehead atoms. The molecule has 1 aromatic rings. The highest BCUT2D eigenvalue weighted by Crippen LogP contribution is 2.21. The van der Waals surface area contributed by atoms with Crippen molar-refractivity contribution in [1.82, 2.24) is 4.72 Å². The molecule has 0 radical (unpaired) electrons. The van der Waals surface area contributed by atoms with Gasteiger partial charge in [-0.3, -0.25) is 0 Å². The Kier molecular flexibility index (Phi) is 6.10. The molecule has 1 rings (SSSR count). The van der Waals surface area contributed by atoms with Crippen LogP contribution in [-0.4, -0.2) is 20.7 Å². The lowest BCUT2D eigenvalue weighted by molar-refractivity contribution is -0.117. The maximum Gasteiger partial charge on any atom is 0.240 e. The first-order valence-electron chi connectivity index (χ1n) is 7.18. The van der Waals surface area contributed by atoms with Crippen molar-refractivity contribution < 1.29 is 13.2 Å². The molecule has 0 aliphatic carbocycles. The average molecular weight is 311 g/mol. The van der Waals surface area contributed by atoms with Crippen LogP contribution in [0.25, 0.3) is 0 Å². The minimum Gasteiger partial charge on any atom is -0.300 e. The Balaban J connectivity index is 2.65. The van der Waals surface area contributed by atoms with E-state index in [1.54, 1.807) is 12.1 Å². The molecule has 0 aromatic heterocycles. The number of Topliss-reactive ketones (excluding diaryl/α,β-unsaturated/α-hetero) is 1. The van der Waals surface area contributed by atoms with Gasteiger partial charge in [-0.1, -0.05) is 32.9 Å². The van der Waals surface area contributed by atoms with E-state index in [0.717, 1.165) is 12.0 Å². The number of rotatable bonds is 7. The molecule has 0 amide bonds. The van der Waals surface area contributed by atoms with Gasteiger partial charge in [-0.15, -0.1) is 0 Å². The fourth-order valence-electron chi connectivity index (χ4n) is 2.03. The summed E-state index contributed by atoms with van der Waals surface area (Å²) in [5, 5.41) is 0. The molecule has 5 heteroatoms. The smallest absolute Gasteiger partial charge is 0.240 e. The molecule has 1 N–H and O–H groups in total. The van der Waals surface area contributed by atoms with Crippen LogP contribution in [0, 0.1) is 5.41 Å². The van der Waals surface area contributed by atoms with E-state index in [4.69, 9.17) is 0 Å². The SMILES string of the molecule is CC(=O)CCCNS(=O)(=O)c1ccc(CC(C)(C)C)cc1. The Bertz CT molecular complexity index is 569. The van der Waals surface area contributed by atoms with E-state index in [9.17, 15) is 13.2 Å². The second-order valence-corrected chi connectivity index (χ2v) is 8.35. The Labute approximate surface area is 128 Å². The molecule has 118 valence electrons. The van der Waals surface area contributed by atoms with Gasteiger partial charge in [-0.25, -0.2) is 13.1 Å². The minimum atomic E-state index is -3.48. The van der Waals surface area contributed by atoms with Gasteiger partial charge in [0.2, 0.25) is 10.0 Å². The van der Waals surface area contributed by atoms with Gasteiger partial charge < -0.3 is 4.79 Å². The van der Waals surface area contributed by atoms with Crippen molar-refractivity contribution in [3.63, 3.8) is 0 Å². The average Bonchev–Trinajstić information content (AvgIpc) is 2.33. The highest BCUT2D eigenvalue weighted by atomic mass is 32.2. The maximum absolute atomic E-state index is 12.1. The van der Waals surface area contributed by atoms with Gasteiger partial charge in [0.15, 0.2) is 0 Å². The van der Waals surface area contributed by atoms with Crippen LogP contribution < -0.4 is 4.72 Å². The Morgan fingerprint density at radius 3 is 2.19 bits per heavy atom. The molecular weight excluding hydrogens is 286 g/mol. The number of nitrogens with one attached hydrogen (secondary N) is 1. The van der Waals surface area contributed by atoms with Crippen LogP contribution in [0.1, 0.15) is 46.1 Å². The summed E-state index contributed by atoms with van der Waals surface area (Å²) in [6, 6.07) is 6.98. The fourth-order valence-corrected chi connectivity index (χ4v) is 3.10. The standard InChI is InChI=1S/C16H25NO3S/c1-13(18)6-5-11-17-21(19,20)15-9-7-14(8-10-15)12-16(2,3)4/h7-10,17H,5-6,11-12H2,1-4H3. The lowest BCUT2D eigenvalue weighted by atomic mass is 9.88. The Morgan fingerprint density at radius 1 is 1.14 bits per heavy atom. The van der Waals surface area contributed by atoms with Gasteiger partial charge in [-0.2, -0.15) is 0 Å². The molecule has 0 saturated carbocycles. The van der Waals surface area contributed by atoms with E-state index in [-0.39, 0.29) is 22.6 Å². The summed E-state index contributed by atoms with van der Waals surface area (Å²) in [5.74, 6) is 0.0701. The molecule has 21 heavy (non-hydrogen) atoms. The predicted octanol–water partition coefficient (Wildman–Crippen LogP) is 2.92. The Morgan fingerprint density at radius 2 is 1.71 bits per heavy atom. The molecule has 1 aromatic carbocycles. The number of benzene rings is 1. The van der Waals surface area contributed by atoms with Crippen LogP contribution in [0.15, 0.2) is 29.2 Å². The normalized spacial score (nSPS) is 12.4. The van der Waals surface area contributed by atoms with Crippen LogP contribution in [0.3, 0.4) is 0 Å². The summed E-state index contributed by atoms with van der Waals surface area (Å²) in [6.45, 7) is 8.23. The minimum absolute atomic E-state index is 0.0701. The van der Waals surface area contributed by atoms with Gasteiger partial charge in [0.25, 0.3) is 0 Å². The van der Waals surface area contributed by atoms with Crippen molar-refractivity contribution in [2.75, 3.05) is 6.54 Å². The number of hydrogen-bond donors (Lipinski definition) is 1. The van der Waals surface area contributed by atoms with E-state index in [1.807, 2.05) is 12.1 Å². The first-order chi connectivity index (χ1) is 9.60. The third-order valence-electron chi connectivity index (χ3n) is 2.97. The zero-order valence-electron chi connectivity index (χ0n) is 13.3. The quantitative estimate of drug-likeness (QED) is 0.788. The van der Waals surface area contributed by atoms with E-state index in [1.165, 1.54) is 6.92 Å². The van der Waals surface area contributed by atoms with Crippen LogP contribution in [0.5, 0.6) is 0 Å². The first-order valence-corrected chi connectivity index (χ1v) is 8.66. The molecule has 0 spiro atoms. The highest BCUT2D eigenvalue weighted by molar-refractivity contribution is 7.89. The molecule has 0 saturated heterocycles. The van der Waals surface area contributed by atoms with Gasteiger partial charge in [0, 0.05) is 13.0 Å². The largest absolute Gasteiger partial charge is 0.300 e. The van der Waals surface area contributed by atoms with Gasteiger partial charge >= 0.3 is 0 Å². The van der Waals surface area contributed by atoms with Crippen molar-refractivity contribution in [3.05, 3.63) is 29.8 Å². The van der Waals surface area contributed by atoms with Crippen molar-refractivity contribution in [2.24, 2.45) is 5.41 Å². The van der Waals surface area contributed by atoms with Gasteiger partial charge in [0.05, 0.1) is 4.90 Å². The summed E-state index contributed by atoms with van der Waals surface area (Å²) in [6.07, 6.45) is 1.82. The summed E-state index contributed by atoms with van der Waals surface area (Å²) < 4.78 is 26.7. The Hall–Kier alpha value is -1.20. The summed E-state index contributed by atoms with van der Waals surface area (Å²) in [7, 11) is -3.48. The topological polar surface area (TPSA) is 63.2 Å². The summed E-state index contributed by atoms with van der Waals surface area (Å²) >= 11 is 0. The number of carbonyl (C=O) groups excluding carboxylic acids is 1. The van der Waals surface area contributed by atoms with Crippen LogP contribution >= 0.6 is 0 Å². The number of sulfonamides is 1. The molecular formula is C16H25NO3S. The molecule has 0 fully saturated rings. The van der Waals surface area contributed by atoms with Crippen molar-refractivity contribution in [2.45, 2.75) is 51.9 Å². The van der Waals surface area contributed by atoms with E-state index >= 15 is 0 Å².